The fourth-order valence-electron chi connectivity index (χ4n) is 2.66. The first-order valence-corrected chi connectivity index (χ1v) is 7.76. The van der Waals surface area contributed by atoms with Gasteiger partial charge in [-0.2, -0.15) is 0 Å². The predicted octanol–water partition coefficient (Wildman–Crippen LogP) is 3.94. The molecule has 0 aliphatic carbocycles. The van der Waals surface area contributed by atoms with Crippen molar-refractivity contribution in [2.75, 3.05) is 6.61 Å². The summed E-state index contributed by atoms with van der Waals surface area (Å²) in [4.78, 5) is 16.0. The standard InChI is InChI=1S/C19H21NO3/c1-12-9-16(10-14-5-7-15(8-6-14)13(2)21)17(23-12)18-20-19(3,4)11-22-18/h5-9H,10-11H2,1-4H3. The van der Waals surface area contributed by atoms with Gasteiger partial charge in [-0.3, -0.25) is 4.79 Å². The van der Waals surface area contributed by atoms with E-state index in [1.54, 1.807) is 6.92 Å². The highest BCUT2D eigenvalue weighted by Gasteiger charge is 2.30. The van der Waals surface area contributed by atoms with Crippen molar-refractivity contribution in [3.05, 3.63) is 58.5 Å². The van der Waals surface area contributed by atoms with Gasteiger partial charge in [-0.05, 0) is 39.3 Å². The second-order valence-electron chi connectivity index (χ2n) is 6.66. The van der Waals surface area contributed by atoms with E-state index >= 15 is 0 Å². The smallest absolute Gasteiger partial charge is 0.254 e. The van der Waals surface area contributed by atoms with Gasteiger partial charge in [0.1, 0.15) is 12.4 Å². The normalized spacial score (nSPS) is 16.1. The van der Waals surface area contributed by atoms with Crippen LogP contribution in [0.15, 0.2) is 39.7 Å². The minimum atomic E-state index is -0.212. The van der Waals surface area contributed by atoms with E-state index in [-0.39, 0.29) is 11.3 Å². The summed E-state index contributed by atoms with van der Waals surface area (Å²) < 4.78 is 11.5. The van der Waals surface area contributed by atoms with Gasteiger partial charge in [-0.25, -0.2) is 4.99 Å². The fourth-order valence-corrected chi connectivity index (χ4v) is 2.66. The monoisotopic (exact) mass is 311 g/mol. The van der Waals surface area contributed by atoms with E-state index in [0.717, 1.165) is 22.5 Å². The average Bonchev–Trinajstić information content (AvgIpc) is 3.02. The van der Waals surface area contributed by atoms with E-state index in [1.165, 1.54) is 0 Å². The Morgan fingerprint density at radius 3 is 2.52 bits per heavy atom. The van der Waals surface area contributed by atoms with Gasteiger partial charge in [0.2, 0.25) is 0 Å². The van der Waals surface area contributed by atoms with Crippen LogP contribution in [-0.4, -0.2) is 23.8 Å². The third kappa shape index (κ3) is 3.36. The molecule has 4 nitrogen and oxygen atoms in total. The summed E-state index contributed by atoms with van der Waals surface area (Å²) in [7, 11) is 0. The van der Waals surface area contributed by atoms with E-state index in [1.807, 2.05) is 51.1 Å². The number of hydrogen-bond acceptors (Lipinski definition) is 4. The van der Waals surface area contributed by atoms with Gasteiger partial charge in [-0.15, -0.1) is 0 Å². The zero-order chi connectivity index (χ0) is 16.6. The van der Waals surface area contributed by atoms with Crippen LogP contribution in [0.5, 0.6) is 0 Å². The van der Waals surface area contributed by atoms with Crippen LogP contribution in [0.2, 0.25) is 0 Å². The lowest BCUT2D eigenvalue weighted by Crippen LogP contribution is -2.17. The number of ether oxygens (including phenoxy) is 1. The molecular weight excluding hydrogens is 290 g/mol. The van der Waals surface area contributed by atoms with E-state index in [0.29, 0.717) is 24.7 Å². The van der Waals surface area contributed by atoms with E-state index in [2.05, 4.69) is 4.99 Å². The topological polar surface area (TPSA) is 51.8 Å². The summed E-state index contributed by atoms with van der Waals surface area (Å²) in [5.74, 6) is 2.21. The molecule has 3 rings (SSSR count). The number of nitrogens with zero attached hydrogens (tertiary/aromatic N) is 1. The summed E-state index contributed by atoms with van der Waals surface area (Å²) >= 11 is 0. The molecule has 1 aliphatic heterocycles. The van der Waals surface area contributed by atoms with Crippen LogP contribution in [0, 0.1) is 6.92 Å². The highest BCUT2D eigenvalue weighted by atomic mass is 16.5. The van der Waals surface area contributed by atoms with Gasteiger partial charge in [0.05, 0.1) is 5.54 Å². The van der Waals surface area contributed by atoms with Crippen LogP contribution in [-0.2, 0) is 11.2 Å². The van der Waals surface area contributed by atoms with Crippen molar-refractivity contribution in [2.24, 2.45) is 4.99 Å². The molecule has 0 N–H and O–H groups in total. The molecule has 0 radical (unpaired) electrons. The lowest BCUT2D eigenvalue weighted by atomic mass is 10.0. The van der Waals surface area contributed by atoms with Gasteiger partial charge in [-0.1, -0.05) is 24.3 Å². The van der Waals surface area contributed by atoms with Crippen molar-refractivity contribution in [3.8, 4) is 0 Å². The Kier molecular flexibility index (Phi) is 3.84. The number of furan rings is 1. The molecule has 1 aromatic heterocycles. The molecule has 2 aromatic rings. The van der Waals surface area contributed by atoms with E-state index < -0.39 is 0 Å². The lowest BCUT2D eigenvalue weighted by Gasteiger charge is -2.07. The first-order chi connectivity index (χ1) is 10.8. The van der Waals surface area contributed by atoms with Crippen molar-refractivity contribution >= 4 is 11.7 Å². The number of carbonyl (C=O) groups excluding carboxylic acids is 1. The van der Waals surface area contributed by atoms with Crippen LogP contribution in [0.1, 0.15) is 53.8 Å². The van der Waals surface area contributed by atoms with Crippen LogP contribution in [0.3, 0.4) is 0 Å². The van der Waals surface area contributed by atoms with Crippen molar-refractivity contribution in [3.63, 3.8) is 0 Å². The Hall–Kier alpha value is -2.36. The number of hydrogen-bond donors (Lipinski definition) is 0. The van der Waals surface area contributed by atoms with Gasteiger partial charge < -0.3 is 9.15 Å². The summed E-state index contributed by atoms with van der Waals surface area (Å²) in [6, 6.07) is 9.69. The average molecular weight is 311 g/mol. The number of carbonyl (C=O) groups is 1. The van der Waals surface area contributed by atoms with Gasteiger partial charge in [0.25, 0.3) is 5.90 Å². The van der Waals surface area contributed by atoms with Gasteiger partial charge >= 0.3 is 0 Å². The molecule has 4 heteroatoms. The molecule has 1 aromatic carbocycles. The highest BCUT2D eigenvalue weighted by molar-refractivity contribution is 5.95. The molecule has 0 unspecified atom stereocenters. The molecule has 0 saturated carbocycles. The van der Waals surface area contributed by atoms with Crippen LogP contribution in [0.25, 0.3) is 0 Å². The summed E-state index contributed by atoms with van der Waals surface area (Å²) in [6.45, 7) is 8.14. The van der Waals surface area contributed by atoms with E-state index in [4.69, 9.17) is 9.15 Å². The van der Waals surface area contributed by atoms with Crippen LogP contribution >= 0.6 is 0 Å². The van der Waals surface area contributed by atoms with Crippen molar-refractivity contribution in [1.82, 2.24) is 0 Å². The second kappa shape index (κ2) is 5.69. The summed E-state index contributed by atoms with van der Waals surface area (Å²) in [6.07, 6.45) is 0.716. The minimum absolute atomic E-state index is 0.0762. The molecule has 23 heavy (non-hydrogen) atoms. The fraction of sp³-hybridized carbons (Fsp3) is 0.368. The molecule has 0 fully saturated rings. The number of ketones is 1. The van der Waals surface area contributed by atoms with Crippen molar-refractivity contribution in [1.29, 1.82) is 0 Å². The minimum Gasteiger partial charge on any atom is -0.473 e. The van der Waals surface area contributed by atoms with Crippen molar-refractivity contribution < 1.29 is 13.9 Å². The maximum absolute atomic E-state index is 11.4. The molecule has 120 valence electrons. The summed E-state index contributed by atoms with van der Waals surface area (Å²) in [5.41, 5.74) is 2.68. The van der Waals surface area contributed by atoms with Gasteiger partial charge in [0.15, 0.2) is 11.5 Å². The van der Waals surface area contributed by atoms with Crippen LogP contribution < -0.4 is 0 Å². The zero-order valence-corrected chi connectivity index (χ0v) is 14.0. The SMILES string of the molecule is CC(=O)c1ccc(Cc2cc(C)oc2C2=NC(C)(C)CO2)cc1. The number of rotatable bonds is 4. The van der Waals surface area contributed by atoms with Gasteiger partial charge in [0, 0.05) is 17.5 Å². The number of aryl methyl sites for hydroxylation is 1. The Morgan fingerprint density at radius 1 is 1.26 bits per heavy atom. The maximum atomic E-state index is 11.4. The molecular formula is C19H21NO3. The molecule has 2 heterocycles. The van der Waals surface area contributed by atoms with E-state index in [9.17, 15) is 4.79 Å². The largest absolute Gasteiger partial charge is 0.473 e. The van der Waals surface area contributed by atoms with Crippen LogP contribution in [0.4, 0.5) is 0 Å². The molecule has 0 bridgehead atoms. The molecule has 0 amide bonds. The Labute approximate surface area is 136 Å². The number of aliphatic imine (C=N–C) groups is 1. The first kappa shape index (κ1) is 15.5. The molecule has 0 atom stereocenters. The quantitative estimate of drug-likeness (QED) is 0.804. The molecule has 1 aliphatic rings. The Bertz CT molecular complexity index is 766. The Morgan fingerprint density at radius 2 is 1.96 bits per heavy atom. The second-order valence-corrected chi connectivity index (χ2v) is 6.66. The molecule has 0 spiro atoms. The number of Topliss-reactive ketones (excluding diaryl/α,β-unsaturated/α-hetero) is 1. The zero-order valence-electron chi connectivity index (χ0n) is 14.0. The predicted molar refractivity (Wildman–Crippen MR) is 89.3 cm³/mol. The maximum Gasteiger partial charge on any atom is 0.254 e. The number of benzene rings is 1. The Balaban J connectivity index is 1.88. The highest BCUT2D eigenvalue weighted by Crippen LogP contribution is 2.26. The lowest BCUT2D eigenvalue weighted by molar-refractivity contribution is 0.101. The first-order valence-electron chi connectivity index (χ1n) is 7.76. The third-order valence-electron chi connectivity index (χ3n) is 3.85. The summed E-state index contributed by atoms with van der Waals surface area (Å²) in [5, 5.41) is 0. The van der Waals surface area contributed by atoms with Crippen molar-refractivity contribution in [2.45, 2.75) is 39.7 Å². The molecule has 0 saturated heterocycles. The third-order valence-corrected chi connectivity index (χ3v) is 3.85.